The fraction of sp³-hybridized carbons (Fsp3) is 0.308. The second kappa shape index (κ2) is 9.10. The second-order valence-corrected chi connectivity index (χ2v) is 8.86. The highest BCUT2D eigenvalue weighted by atomic mass is 35.5. The van der Waals surface area contributed by atoms with Crippen molar-refractivity contribution in [3.63, 3.8) is 0 Å². The molecule has 0 saturated carbocycles. The molecule has 1 N–H and O–H groups in total. The van der Waals surface area contributed by atoms with Gasteiger partial charge < -0.3 is 15.0 Å². The number of hydrogen-bond acceptors (Lipinski definition) is 4. The van der Waals surface area contributed by atoms with E-state index < -0.39 is 5.91 Å². The highest BCUT2D eigenvalue weighted by Crippen LogP contribution is 2.42. The Morgan fingerprint density at radius 2 is 2.00 bits per heavy atom. The Hall–Kier alpha value is -3.23. The van der Waals surface area contributed by atoms with Crippen molar-refractivity contribution >= 4 is 40.5 Å². The van der Waals surface area contributed by atoms with E-state index in [1.807, 2.05) is 31.2 Å². The molecule has 5 nitrogen and oxygen atoms in total. The number of carbonyl (C=O) groups is 1. The number of nitrogens with zero attached hydrogens (tertiary/aromatic N) is 2. The van der Waals surface area contributed by atoms with Gasteiger partial charge in [0.1, 0.15) is 17.4 Å². The fourth-order valence-corrected chi connectivity index (χ4v) is 4.38. The number of halogens is 1. The Labute approximate surface area is 194 Å². The quantitative estimate of drug-likeness (QED) is 0.434. The van der Waals surface area contributed by atoms with Crippen molar-refractivity contribution in [3.8, 4) is 11.8 Å². The van der Waals surface area contributed by atoms with Gasteiger partial charge in [-0.15, -0.1) is 0 Å². The predicted molar refractivity (Wildman–Crippen MR) is 132 cm³/mol. The van der Waals surface area contributed by atoms with E-state index in [-0.39, 0.29) is 11.1 Å². The van der Waals surface area contributed by atoms with Crippen LogP contribution in [0.25, 0.3) is 11.6 Å². The molecule has 1 aliphatic heterocycles. The molecule has 2 aromatic carbocycles. The molecule has 0 unspecified atom stereocenters. The Kier molecular flexibility index (Phi) is 6.66. The van der Waals surface area contributed by atoms with Crippen LogP contribution >= 0.6 is 11.6 Å². The van der Waals surface area contributed by atoms with Crippen molar-refractivity contribution in [2.75, 3.05) is 23.9 Å². The highest BCUT2D eigenvalue weighted by Gasteiger charge is 2.31. The van der Waals surface area contributed by atoms with Crippen molar-refractivity contribution in [2.45, 2.75) is 40.2 Å². The molecule has 1 heterocycles. The minimum absolute atomic E-state index is 0.0206. The Bertz CT molecular complexity index is 1170. The number of carbonyl (C=O) groups excluding carboxylic acids is 1. The smallest absolute Gasteiger partial charge is 0.266 e. The van der Waals surface area contributed by atoms with Gasteiger partial charge in [0.05, 0.1) is 12.6 Å². The van der Waals surface area contributed by atoms with E-state index in [2.05, 4.69) is 44.0 Å². The van der Waals surface area contributed by atoms with Crippen LogP contribution in [-0.2, 0) is 4.79 Å². The molecule has 0 saturated heterocycles. The number of likely N-dealkylation sites (N-methyl/N-ethyl adjacent to an activating group) is 1. The van der Waals surface area contributed by atoms with Gasteiger partial charge in [0.2, 0.25) is 0 Å². The molecule has 0 aliphatic carbocycles. The average Bonchev–Trinajstić information content (AvgIpc) is 2.73. The summed E-state index contributed by atoms with van der Waals surface area (Å²) >= 11 is 6.05. The number of nitrogens with one attached hydrogen (secondary N) is 1. The summed E-state index contributed by atoms with van der Waals surface area (Å²) in [5, 5.41) is 13.0. The lowest BCUT2D eigenvalue weighted by Gasteiger charge is -2.43. The molecule has 3 rings (SSSR count). The van der Waals surface area contributed by atoms with Crippen molar-refractivity contribution in [1.29, 1.82) is 5.26 Å². The van der Waals surface area contributed by atoms with E-state index >= 15 is 0 Å². The Morgan fingerprint density at radius 1 is 1.28 bits per heavy atom. The lowest BCUT2D eigenvalue weighted by molar-refractivity contribution is -0.112. The number of fused-ring (bicyclic) bond motifs is 1. The molecular formula is C26H28ClN3O2. The maximum Gasteiger partial charge on any atom is 0.266 e. The third kappa shape index (κ3) is 4.51. The monoisotopic (exact) mass is 449 g/mol. The molecule has 1 aliphatic rings. The van der Waals surface area contributed by atoms with Crippen LogP contribution in [0, 0.1) is 18.3 Å². The van der Waals surface area contributed by atoms with Gasteiger partial charge in [-0.05, 0) is 70.0 Å². The fourth-order valence-electron chi connectivity index (χ4n) is 4.21. The third-order valence-electron chi connectivity index (χ3n) is 5.76. The minimum atomic E-state index is -0.499. The molecule has 0 spiro atoms. The van der Waals surface area contributed by atoms with Crippen molar-refractivity contribution in [3.05, 3.63) is 63.7 Å². The van der Waals surface area contributed by atoms with Gasteiger partial charge in [0, 0.05) is 40.1 Å². The number of aryl methyl sites for hydroxylation is 1. The number of allylic oxidation sites excluding steroid dienone is 1. The molecule has 0 radical (unpaired) electrons. The van der Waals surface area contributed by atoms with Crippen LogP contribution in [0.4, 0.5) is 11.4 Å². The van der Waals surface area contributed by atoms with Crippen LogP contribution < -0.4 is 15.0 Å². The molecule has 6 heteroatoms. The van der Waals surface area contributed by atoms with E-state index in [0.29, 0.717) is 22.0 Å². The second-order valence-electron chi connectivity index (χ2n) is 8.42. The van der Waals surface area contributed by atoms with Crippen LogP contribution in [0.3, 0.4) is 0 Å². The van der Waals surface area contributed by atoms with E-state index in [0.717, 1.165) is 28.9 Å². The molecule has 0 aromatic heterocycles. The van der Waals surface area contributed by atoms with Crippen LogP contribution in [0.2, 0.25) is 5.02 Å². The van der Waals surface area contributed by atoms with Crippen molar-refractivity contribution in [1.82, 2.24) is 0 Å². The first-order valence-corrected chi connectivity index (χ1v) is 10.9. The summed E-state index contributed by atoms with van der Waals surface area (Å²) in [5.41, 5.74) is 5.23. The van der Waals surface area contributed by atoms with E-state index in [4.69, 9.17) is 16.3 Å². The van der Waals surface area contributed by atoms with Crippen molar-refractivity contribution in [2.24, 2.45) is 0 Å². The number of rotatable bonds is 5. The summed E-state index contributed by atoms with van der Waals surface area (Å²) in [6.07, 6.45) is 3.80. The number of methoxy groups -OCH3 is 1. The zero-order chi connectivity index (χ0) is 23.6. The molecule has 0 atom stereocenters. The van der Waals surface area contributed by atoms with E-state index in [9.17, 15) is 10.1 Å². The van der Waals surface area contributed by atoms with Gasteiger partial charge >= 0.3 is 0 Å². The molecule has 166 valence electrons. The summed E-state index contributed by atoms with van der Waals surface area (Å²) in [6, 6.07) is 11.2. The molecule has 2 aromatic rings. The van der Waals surface area contributed by atoms with Crippen LogP contribution in [-0.4, -0.2) is 25.1 Å². The number of benzene rings is 2. The number of anilines is 2. The summed E-state index contributed by atoms with van der Waals surface area (Å²) in [6.45, 7) is 11.3. The van der Waals surface area contributed by atoms with Gasteiger partial charge in [0.25, 0.3) is 5.91 Å². The Balaban J connectivity index is 2.05. The highest BCUT2D eigenvalue weighted by molar-refractivity contribution is 6.31. The Morgan fingerprint density at radius 3 is 2.62 bits per heavy atom. The van der Waals surface area contributed by atoms with Crippen LogP contribution in [0.5, 0.6) is 5.75 Å². The first-order chi connectivity index (χ1) is 15.1. The standard InChI is InChI=1S/C26H28ClN3O2/c1-7-30-23-13-24(32-6)18(11-21(23)17(3)14-26(30,4)5)10-19(15-28)25(31)29-22-12-20(27)9-8-16(22)2/h8-14H,7H2,1-6H3,(H,29,31)/b19-10+. The van der Waals surface area contributed by atoms with E-state index in [1.54, 1.807) is 25.3 Å². The first-order valence-electron chi connectivity index (χ1n) is 10.5. The summed E-state index contributed by atoms with van der Waals surface area (Å²) < 4.78 is 5.64. The molecule has 0 fully saturated rings. The minimum Gasteiger partial charge on any atom is -0.496 e. The zero-order valence-corrected chi connectivity index (χ0v) is 20.1. The van der Waals surface area contributed by atoms with Gasteiger partial charge in [-0.2, -0.15) is 5.26 Å². The summed E-state index contributed by atoms with van der Waals surface area (Å²) in [7, 11) is 1.59. The summed E-state index contributed by atoms with van der Waals surface area (Å²) in [5.74, 6) is 0.105. The zero-order valence-electron chi connectivity index (χ0n) is 19.3. The average molecular weight is 450 g/mol. The van der Waals surface area contributed by atoms with Crippen LogP contribution in [0.1, 0.15) is 44.4 Å². The van der Waals surface area contributed by atoms with Gasteiger partial charge in [-0.1, -0.05) is 23.7 Å². The molecule has 32 heavy (non-hydrogen) atoms. The van der Waals surface area contributed by atoms with Crippen LogP contribution in [0.15, 0.2) is 42.0 Å². The van der Waals surface area contributed by atoms with Gasteiger partial charge in [-0.3, -0.25) is 4.79 Å². The molecule has 1 amide bonds. The predicted octanol–water partition coefficient (Wildman–Crippen LogP) is 6.22. The molecular weight excluding hydrogens is 422 g/mol. The largest absolute Gasteiger partial charge is 0.496 e. The number of hydrogen-bond donors (Lipinski definition) is 1. The number of ether oxygens (including phenoxy) is 1. The first kappa shape index (κ1) is 23.4. The normalized spacial score (nSPS) is 14.9. The van der Waals surface area contributed by atoms with Gasteiger partial charge in [0.15, 0.2) is 0 Å². The number of nitriles is 1. The van der Waals surface area contributed by atoms with Crippen molar-refractivity contribution < 1.29 is 9.53 Å². The lowest BCUT2D eigenvalue weighted by atomic mass is 9.87. The topological polar surface area (TPSA) is 65.4 Å². The lowest BCUT2D eigenvalue weighted by Crippen LogP contribution is -2.44. The number of amides is 1. The third-order valence-corrected chi connectivity index (χ3v) is 5.99. The maximum atomic E-state index is 12.8. The van der Waals surface area contributed by atoms with Gasteiger partial charge in [-0.25, -0.2) is 0 Å². The molecule has 0 bridgehead atoms. The maximum absolute atomic E-state index is 12.8. The van der Waals surface area contributed by atoms with E-state index in [1.165, 1.54) is 0 Å². The SMILES string of the molecule is CCN1c2cc(OC)c(/C=C(\C#N)C(=O)Nc3cc(Cl)ccc3C)cc2C(C)=CC1(C)C. The summed E-state index contributed by atoms with van der Waals surface area (Å²) in [4.78, 5) is 15.2.